The summed E-state index contributed by atoms with van der Waals surface area (Å²) in [6.07, 6.45) is -2.91. The first-order valence-corrected chi connectivity index (χ1v) is 8.83. The first-order chi connectivity index (χ1) is 13.2. The van der Waals surface area contributed by atoms with Crippen LogP contribution in [0.5, 0.6) is 0 Å². The monoisotopic (exact) mass is 406 g/mol. The molecule has 144 valence electrons. The van der Waals surface area contributed by atoms with Crippen LogP contribution >= 0.6 is 11.8 Å². The molecule has 0 aromatic heterocycles. The summed E-state index contributed by atoms with van der Waals surface area (Å²) in [6, 6.07) is 10.9. The second kappa shape index (κ2) is 7.89. The van der Waals surface area contributed by atoms with Gasteiger partial charge in [0.1, 0.15) is 0 Å². The van der Waals surface area contributed by atoms with E-state index in [2.05, 4.69) is 10.6 Å². The predicted octanol–water partition coefficient (Wildman–Crippen LogP) is 3.96. The van der Waals surface area contributed by atoms with Crippen molar-refractivity contribution in [1.29, 1.82) is 0 Å². The van der Waals surface area contributed by atoms with Crippen molar-refractivity contribution in [3.63, 3.8) is 0 Å². The zero-order valence-electron chi connectivity index (χ0n) is 14.2. The first-order valence-electron chi connectivity index (χ1n) is 8.01. The molecule has 0 bridgehead atoms. The zero-order chi connectivity index (χ0) is 20.3. The van der Waals surface area contributed by atoms with Gasteiger partial charge in [0.25, 0.3) is 17.1 Å². The highest BCUT2D eigenvalue weighted by Gasteiger charge is 2.30. The average Bonchev–Trinajstić information content (AvgIpc) is 2.96. The third kappa shape index (κ3) is 4.80. The molecule has 1 aliphatic rings. The van der Waals surface area contributed by atoms with E-state index in [9.17, 15) is 27.6 Å². The fourth-order valence-corrected chi connectivity index (χ4v) is 3.12. The summed E-state index contributed by atoms with van der Waals surface area (Å²) in [7, 11) is 0. The third-order valence-electron chi connectivity index (χ3n) is 3.82. The molecule has 1 saturated heterocycles. The van der Waals surface area contributed by atoms with Gasteiger partial charge < -0.3 is 5.32 Å². The van der Waals surface area contributed by atoms with E-state index < -0.39 is 28.8 Å². The van der Waals surface area contributed by atoms with Gasteiger partial charge in [0.05, 0.1) is 10.5 Å². The standard InChI is InChI=1S/C19H13F3N2O3S/c20-19(21,22)14-6-4-11(5-7-14)10-23-16(25)13-3-1-2-12(8-13)9-15-17(26)24-18(27)28-15/h1-9H,10H2,(H,23,25)(H,24,26,27)/b15-9-. The van der Waals surface area contributed by atoms with Crippen molar-refractivity contribution in [2.45, 2.75) is 12.7 Å². The molecule has 1 aliphatic heterocycles. The van der Waals surface area contributed by atoms with Crippen molar-refractivity contribution in [3.8, 4) is 0 Å². The zero-order valence-corrected chi connectivity index (χ0v) is 15.0. The number of halogens is 3. The van der Waals surface area contributed by atoms with E-state index in [0.29, 0.717) is 16.7 Å². The number of carbonyl (C=O) groups excluding carboxylic acids is 3. The average molecular weight is 406 g/mol. The Balaban J connectivity index is 1.66. The Morgan fingerprint density at radius 3 is 2.43 bits per heavy atom. The Kier molecular flexibility index (Phi) is 5.55. The van der Waals surface area contributed by atoms with Gasteiger partial charge in [-0.3, -0.25) is 19.7 Å². The maximum absolute atomic E-state index is 12.6. The lowest BCUT2D eigenvalue weighted by molar-refractivity contribution is -0.137. The molecule has 1 fully saturated rings. The molecule has 0 atom stereocenters. The Morgan fingerprint density at radius 2 is 1.82 bits per heavy atom. The largest absolute Gasteiger partial charge is 0.416 e. The molecule has 2 aromatic rings. The van der Waals surface area contributed by atoms with E-state index in [1.807, 2.05) is 0 Å². The highest BCUT2D eigenvalue weighted by molar-refractivity contribution is 8.18. The van der Waals surface area contributed by atoms with Crippen LogP contribution in [0.3, 0.4) is 0 Å². The molecule has 9 heteroatoms. The van der Waals surface area contributed by atoms with Crippen molar-refractivity contribution >= 4 is 34.9 Å². The number of hydrogen-bond acceptors (Lipinski definition) is 4. The number of hydrogen-bond donors (Lipinski definition) is 2. The summed E-state index contributed by atoms with van der Waals surface area (Å²) in [4.78, 5) is 35.3. The lowest BCUT2D eigenvalue weighted by atomic mass is 10.1. The van der Waals surface area contributed by atoms with Gasteiger partial charge in [-0.15, -0.1) is 0 Å². The van der Waals surface area contributed by atoms with Crippen LogP contribution < -0.4 is 10.6 Å². The van der Waals surface area contributed by atoms with E-state index >= 15 is 0 Å². The second-order valence-corrected chi connectivity index (χ2v) is 6.87. The van der Waals surface area contributed by atoms with Gasteiger partial charge in [-0.1, -0.05) is 24.3 Å². The Morgan fingerprint density at radius 1 is 1.11 bits per heavy atom. The molecule has 3 rings (SSSR count). The van der Waals surface area contributed by atoms with E-state index in [0.717, 1.165) is 23.9 Å². The summed E-state index contributed by atoms with van der Waals surface area (Å²) < 4.78 is 37.7. The number of alkyl halides is 3. The first kappa shape index (κ1) is 19.7. The van der Waals surface area contributed by atoms with Crippen LogP contribution in [-0.4, -0.2) is 17.1 Å². The summed E-state index contributed by atoms with van der Waals surface area (Å²) in [5.41, 5.74) is 0.651. The lowest BCUT2D eigenvalue weighted by Gasteiger charge is -2.09. The second-order valence-electron chi connectivity index (χ2n) is 5.86. The van der Waals surface area contributed by atoms with E-state index in [4.69, 9.17) is 0 Å². The SMILES string of the molecule is O=C1NC(=O)/C(=C/c2cccc(C(=O)NCc3ccc(C(F)(F)F)cc3)c2)S1. The lowest BCUT2D eigenvalue weighted by Crippen LogP contribution is -2.22. The molecule has 0 radical (unpaired) electrons. The maximum atomic E-state index is 12.6. The van der Waals surface area contributed by atoms with Gasteiger partial charge >= 0.3 is 6.18 Å². The number of amides is 3. The highest BCUT2D eigenvalue weighted by atomic mass is 32.2. The van der Waals surface area contributed by atoms with Crippen LogP contribution in [0, 0.1) is 0 Å². The van der Waals surface area contributed by atoms with Crippen molar-refractivity contribution in [3.05, 3.63) is 75.7 Å². The fraction of sp³-hybridized carbons (Fsp3) is 0.105. The Bertz CT molecular complexity index is 969. The number of imide groups is 1. The minimum absolute atomic E-state index is 0.0645. The van der Waals surface area contributed by atoms with Crippen LogP contribution in [0.15, 0.2) is 53.4 Å². The predicted molar refractivity (Wildman–Crippen MR) is 98.2 cm³/mol. The minimum Gasteiger partial charge on any atom is -0.348 e. The number of carbonyl (C=O) groups is 3. The number of rotatable bonds is 4. The fourth-order valence-electron chi connectivity index (χ4n) is 2.44. The number of benzene rings is 2. The van der Waals surface area contributed by atoms with Gasteiger partial charge in [0.15, 0.2) is 0 Å². The van der Waals surface area contributed by atoms with E-state index in [1.54, 1.807) is 24.3 Å². The van der Waals surface area contributed by atoms with Crippen molar-refractivity contribution < 1.29 is 27.6 Å². The summed E-state index contributed by atoms with van der Waals surface area (Å²) in [6.45, 7) is 0.0645. The quantitative estimate of drug-likeness (QED) is 0.754. The van der Waals surface area contributed by atoms with Gasteiger partial charge in [0, 0.05) is 12.1 Å². The molecular weight excluding hydrogens is 393 g/mol. The molecule has 2 N–H and O–H groups in total. The maximum Gasteiger partial charge on any atom is 0.416 e. The van der Waals surface area contributed by atoms with Crippen molar-refractivity contribution in [2.24, 2.45) is 0 Å². The molecule has 28 heavy (non-hydrogen) atoms. The van der Waals surface area contributed by atoms with Gasteiger partial charge in [-0.2, -0.15) is 13.2 Å². The summed E-state index contributed by atoms with van der Waals surface area (Å²) >= 11 is 0.774. The van der Waals surface area contributed by atoms with Crippen molar-refractivity contribution in [1.82, 2.24) is 10.6 Å². The third-order valence-corrected chi connectivity index (χ3v) is 4.63. The molecule has 5 nitrogen and oxygen atoms in total. The number of thioether (sulfide) groups is 1. The molecule has 2 aromatic carbocycles. The molecule has 3 amide bonds. The normalized spacial score (nSPS) is 15.6. The minimum atomic E-state index is -4.41. The Hall–Kier alpha value is -3.07. The van der Waals surface area contributed by atoms with E-state index in [1.165, 1.54) is 18.2 Å². The topological polar surface area (TPSA) is 75.3 Å². The molecule has 0 aliphatic carbocycles. The van der Waals surface area contributed by atoms with Gasteiger partial charge in [-0.25, -0.2) is 0 Å². The Labute approximate surface area is 162 Å². The smallest absolute Gasteiger partial charge is 0.348 e. The molecular formula is C19H13F3N2O3S. The van der Waals surface area contributed by atoms with Crippen LogP contribution in [0.1, 0.15) is 27.0 Å². The summed E-state index contributed by atoms with van der Waals surface area (Å²) in [5, 5.41) is 4.32. The highest BCUT2D eigenvalue weighted by Crippen LogP contribution is 2.29. The van der Waals surface area contributed by atoms with Crippen LogP contribution in [-0.2, 0) is 17.5 Å². The number of nitrogens with one attached hydrogen (secondary N) is 2. The van der Waals surface area contributed by atoms with Crippen LogP contribution in [0.25, 0.3) is 6.08 Å². The van der Waals surface area contributed by atoms with Crippen molar-refractivity contribution in [2.75, 3.05) is 0 Å². The summed E-state index contributed by atoms with van der Waals surface area (Å²) in [5.74, 6) is -0.910. The molecule has 1 heterocycles. The van der Waals surface area contributed by atoms with Crippen LogP contribution in [0.4, 0.5) is 18.0 Å². The van der Waals surface area contributed by atoms with Gasteiger partial charge in [0.2, 0.25) is 0 Å². The van der Waals surface area contributed by atoms with Gasteiger partial charge in [-0.05, 0) is 53.2 Å². The van der Waals surface area contributed by atoms with Crippen LogP contribution in [0.2, 0.25) is 0 Å². The molecule has 0 unspecified atom stereocenters. The molecule has 0 saturated carbocycles. The molecule has 0 spiro atoms. The van der Waals surface area contributed by atoms with E-state index in [-0.39, 0.29) is 11.4 Å².